The van der Waals surface area contributed by atoms with Gasteiger partial charge in [-0.1, -0.05) is 130 Å². The van der Waals surface area contributed by atoms with Gasteiger partial charge < -0.3 is 75.1 Å². The van der Waals surface area contributed by atoms with Gasteiger partial charge in [0.15, 0.2) is 5.82 Å². The number of hydrogen-bond donors (Lipinski definition) is 18. The number of hydrazine groups is 8. The molecule has 2 saturated carbocycles. The van der Waals surface area contributed by atoms with Gasteiger partial charge in [-0.2, -0.15) is 39.2 Å². The minimum absolute atomic E-state index is 0.00209. The SMILES string of the molecule is C#Cc1cnc2c(Cl)cc(N[C@H](C3=C(Cl)N(C4CC4)NN3)c3ccc(F)nc3C)cc2c1NCC(C)(C)C.C#Cc1cnc2c(Cl)cc(N[C@H](C3=C(F)N(C4CC4)NN3)c3ccc(F)nc3C)cc2c1NCC(C)(C)C.Cc1ncc(Nc2c(C#N)cnc3c(Cl)cc(N[C@H](C4=CNNN4)c4cnc(F)c(F)c4)cc23)cc1F.[2H][C@](Nc1cc(Cl)c2ncc(C#N)c(Nc3cnc(C)c(F)c3)c2c1)(C1=CNNN1)c1cccnc1. The predicted octanol–water partition coefficient (Wildman–Crippen LogP) is 21.1. The molecule has 44 heteroatoms. The zero-order valence-corrected chi connectivity index (χ0v) is 84.5. The molecule has 6 aliphatic rings. The molecule has 10 aromatic heterocycles. The number of hydrogen-bond acceptors (Lipinski definition) is 32. The van der Waals surface area contributed by atoms with Gasteiger partial charge in [-0.15, -0.1) is 23.9 Å². The van der Waals surface area contributed by atoms with E-state index in [2.05, 4.69) is 213 Å². The van der Waals surface area contributed by atoms with Crippen LogP contribution in [0, 0.1) is 121 Å². The van der Waals surface area contributed by atoms with Crippen molar-refractivity contribution in [3.8, 4) is 36.8 Å². The summed E-state index contributed by atoms with van der Waals surface area (Å²) in [5, 5.41) is 53.8. The Morgan fingerprint density at radius 3 is 1.28 bits per heavy atom. The summed E-state index contributed by atoms with van der Waals surface area (Å²) in [6.45, 7) is 20.7. The van der Waals surface area contributed by atoms with Crippen LogP contribution in [0.2, 0.25) is 20.1 Å². The van der Waals surface area contributed by atoms with Crippen molar-refractivity contribution in [3.63, 3.8) is 0 Å². The highest BCUT2D eigenvalue weighted by molar-refractivity contribution is 6.37. The maximum atomic E-state index is 15.6. The van der Waals surface area contributed by atoms with Crippen LogP contribution in [0.25, 0.3) is 43.6 Å². The molecule has 0 radical (unpaired) electrons. The number of pyridine rings is 10. The number of terminal acetylenes is 2. The van der Waals surface area contributed by atoms with Crippen LogP contribution >= 0.6 is 58.0 Å². The third-order valence-corrected chi connectivity index (χ3v) is 25.5. The number of rotatable bonds is 26. The largest absolute Gasteiger partial charge is 0.383 e. The van der Waals surface area contributed by atoms with Gasteiger partial charge in [0.2, 0.25) is 23.8 Å². The number of benzene rings is 4. The molecule has 756 valence electrons. The van der Waals surface area contributed by atoms with E-state index in [-0.39, 0.29) is 50.1 Å². The molecule has 4 aromatic carbocycles. The maximum absolute atomic E-state index is 15.6. The summed E-state index contributed by atoms with van der Waals surface area (Å²) in [5.41, 5.74) is 43.8. The van der Waals surface area contributed by atoms with Crippen LogP contribution in [-0.4, -0.2) is 85.0 Å². The first kappa shape index (κ1) is 102. The monoisotopic (exact) mass is 2100 g/mol. The molecule has 14 aromatic rings. The van der Waals surface area contributed by atoms with E-state index in [0.29, 0.717) is 168 Å². The van der Waals surface area contributed by atoms with Crippen LogP contribution in [0.5, 0.6) is 0 Å². The number of nitrogens with zero attached hydrogens (tertiary/aromatic N) is 14. The summed E-state index contributed by atoms with van der Waals surface area (Å²) in [6.07, 6.45) is 32.2. The average molecular weight is 2110 g/mol. The number of aryl methyl sites for hydroxylation is 4. The Morgan fingerprint density at radius 2 is 0.872 bits per heavy atom. The number of halogens is 12. The van der Waals surface area contributed by atoms with Crippen molar-refractivity contribution in [2.45, 2.75) is 131 Å². The van der Waals surface area contributed by atoms with Gasteiger partial charge >= 0.3 is 0 Å². The molecule has 148 heavy (non-hydrogen) atoms. The van der Waals surface area contributed by atoms with Gasteiger partial charge in [-0.3, -0.25) is 44.9 Å². The van der Waals surface area contributed by atoms with Gasteiger partial charge in [0.1, 0.15) is 34.6 Å². The molecule has 18 N–H and O–H groups in total. The number of anilines is 10. The molecule has 0 amide bonds. The number of fused-ring (bicyclic) bond motifs is 4. The third kappa shape index (κ3) is 23.6. The highest BCUT2D eigenvalue weighted by Crippen LogP contribution is 2.46. The fraction of sp³-hybridized carbons (Fsp3) is 0.231. The normalized spacial score (nSPS) is 15.2. The first-order valence-corrected chi connectivity index (χ1v) is 48.1. The molecule has 32 nitrogen and oxygen atoms in total. The van der Waals surface area contributed by atoms with E-state index in [1.54, 1.807) is 113 Å². The Balaban J connectivity index is 0.000000135. The van der Waals surface area contributed by atoms with Gasteiger partial charge in [0.25, 0.3) is 0 Å². The molecule has 0 bridgehead atoms. The first-order valence-electron chi connectivity index (χ1n) is 46.7. The Kier molecular flexibility index (Phi) is 30.5. The summed E-state index contributed by atoms with van der Waals surface area (Å²) >= 11 is 33.4. The van der Waals surface area contributed by atoms with Crippen molar-refractivity contribution in [1.82, 2.24) is 115 Å². The summed E-state index contributed by atoms with van der Waals surface area (Å²) < 4.78 is 108. The second-order valence-electron chi connectivity index (χ2n) is 37.4. The average Bonchev–Trinajstić information content (AvgIpc) is 1.35. The molecule has 0 spiro atoms. The van der Waals surface area contributed by atoms with E-state index in [1.165, 1.54) is 67.2 Å². The van der Waals surface area contributed by atoms with Gasteiger partial charge in [-0.25, -0.2) is 28.1 Å². The van der Waals surface area contributed by atoms with Crippen molar-refractivity contribution in [3.05, 3.63) is 328 Å². The zero-order valence-electron chi connectivity index (χ0n) is 81.7. The quantitative estimate of drug-likeness (QED) is 0.0104. The number of nitrogens with one attached hydrogen (secondary N) is 18. The minimum Gasteiger partial charge on any atom is -0.383 e. The highest BCUT2D eigenvalue weighted by Gasteiger charge is 2.41. The van der Waals surface area contributed by atoms with Gasteiger partial charge in [0, 0.05) is 165 Å². The van der Waals surface area contributed by atoms with Crippen LogP contribution < -0.4 is 97.2 Å². The molecule has 0 saturated heterocycles. The van der Waals surface area contributed by atoms with Crippen molar-refractivity contribution < 1.29 is 32.1 Å². The van der Waals surface area contributed by atoms with Gasteiger partial charge in [-0.05, 0) is 143 Å². The molecule has 2 fully saturated rings. The summed E-state index contributed by atoms with van der Waals surface area (Å²) in [4.78, 5) is 41.4. The van der Waals surface area contributed by atoms with Crippen LogP contribution in [0.4, 0.5) is 87.6 Å². The minimum atomic E-state index is -1.49. The Bertz CT molecular complexity index is 7700. The van der Waals surface area contributed by atoms with Crippen molar-refractivity contribution in [1.29, 1.82) is 10.5 Å². The van der Waals surface area contributed by atoms with E-state index in [4.69, 9.17) is 70.9 Å². The molecule has 0 unspecified atom stereocenters. The predicted molar refractivity (Wildman–Crippen MR) is 563 cm³/mol. The molecule has 2 aliphatic carbocycles. The van der Waals surface area contributed by atoms with Gasteiger partial charge in [0.05, 0.1) is 165 Å². The van der Waals surface area contributed by atoms with E-state index < -0.39 is 65.4 Å². The highest BCUT2D eigenvalue weighted by atomic mass is 35.5. The lowest BCUT2D eigenvalue weighted by Crippen LogP contribution is -2.39. The lowest BCUT2D eigenvalue weighted by atomic mass is 9.96. The van der Waals surface area contributed by atoms with Crippen LogP contribution in [0.15, 0.2) is 205 Å². The second kappa shape index (κ2) is 44.2. The molecule has 14 heterocycles. The molecular formula is C104H96Cl5F7N32. The van der Waals surface area contributed by atoms with E-state index in [9.17, 15) is 38.2 Å². The Morgan fingerprint density at radius 1 is 0.446 bits per heavy atom. The van der Waals surface area contributed by atoms with Crippen LogP contribution in [0.3, 0.4) is 0 Å². The topological polar surface area (TPSA) is 399 Å². The lowest BCUT2D eigenvalue weighted by Gasteiger charge is -2.24. The summed E-state index contributed by atoms with van der Waals surface area (Å²) in [7, 11) is 0. The van der Waals surface area contributed by atoms with Crippen molar-refractivity contribution in [2.75, 3.05) is 55.6 Å². The van der Waals surface area contributed by atoms with Crippen molar-refractivity contribution in [2.24, 2.45) is 10.8 Å². The second-order valence-corrected chi connectivity index (χ2v) is 39.4. The maximum Gasteiger partial charge on any atom is 0.248 e. The Labute approximate surface area is 872 Å². The van der Waals surface area contributed by atoms with E-state index in [0.717, 1.165) is 65.1 Å². The third-order valence-electron chi connectivity index (χ3n) is 24.0. The molecule has 4 aliphatic heterocycles. The molecular weight excluding hydrogens is 2010 g/mol. The van der Waals surface area contributed by atoms with Crippen molar-refractivity contribution >= 4 is 158 Å². The van der Waals surface area contributed by atoms with Crippen LogP contribution in [-0.2, 0) is 0 Å². The standard InChI is InChI=1S/C28H30Cl2FN7.C28H30ClF2N7.C24H17ClF3N9.C24H19ClFN9/c1-6-16-13-32-24-20(23(16)33-14-28(3,4)5)11-17(12-21(24)29)35-25(19-9-10-22(31)34-15(19)2)26-27(30)38(37-36-26)18-7-8-18;1-6-16-13-32-24-20(23(16)33-14-28(3,4)5)11-17(12-21(24)29)35-25(19-9-10-22(30)34-15(19)2)26-27(31)38(37-36-26)18-7-8-18;1-11-18(26)5-15(9-30-11)35-21-13(6-29)8-31-23-16(21)3-14(4-17(23)25)34-22(20-10-33-37-36-20)12-2-19(27)24(28)32-7-12;1-13-20(26)7-17(11-29-13)33-22-15(8-27)10-30-24-18(22)5-16(6-19(24)25)32-23(21-12-31-35-34-21)14-3-2-4-28-9-14/h2*1,9-13,18,25,35-37H,7-8,14H2,2-5H3,(H,32,33);2-5,7-10,22,33-34,36-37H,1H3,(H,31,35);2-7,9-12,23,31-32,34-35H,1H3,(H,30,33)/t2*25-;22-;23-/m0001/s1/i;;;23D. The lowest BCUT2D eigenvalue weighted by molar-refractivity contribution is 0.195. The summed E-state index contributed by atoms with van der Waals surface area (Å²) in [6, 6.07) is 28.3. The fourth-order valence-corrected chi connectivity index (χ4v) is 17.7. The number of aromatic nitrogens is 10. The van der Waals surface area contributed by atoms with Crippen LogP contribution in [0.1, 0.15) is 160 Å². The molecule has 4 atom stereocenters. The zero-order chi connectivity index (χ0) is 106. The van der Waals surface area contributed by atoms with E-state index >= 15 is 4.39 Å². The Hall–Kier alpha value is -15.9. The van der Waals surface area contributed by atoms with E-state index in [1.807, 2.05) is 23.2 Å². The smallest absolute Gasteiger partial charge is 0.248 e. The first-order chi connectivity index (χ1) is 71.3. The molecule has 20 rings (SSSR count). The fourth-order valence-electron chi connectivity index (χ4n) is 16.3. The number of nitriles is 2. The summed E-state index contributed by atoms with van der Waals surface area (Å²) in [5.74, 6) is 0.555.